The summed E-state index contributed by atoms with van der Waals surface area (Å²) in [5.41, 5.74) is 3.18. The molecule has 0 heterocycles. The highest BCUT2D eigenvalue weighted by atomic mass is 35.5. The van der Waals surface area contributed by atoms with Crippen molar-refractivity contribution >= 4 is 23.7 Å². The van der Waals surface area contributed by atoms with Crippen LogP contribution in [0, 0.1) is 5.82 Å². The first-order chi connectivity index (χ1) is 11.5. The summed E-state index contributed by atoms with van der Waals surface area (Å²) < 4.78 is 23.9. The quantitative estimate of drug-likeness (QED) is 0.643. The molecule has 24 heavy (non-hydrogen) atoms. The Balaban J connectivity index is 2.00. The van der Waals surface area contributed by atoms with E-state index < -0.39 is 5.82 Å². The smallest absolute Gasteiger partial charge is 0.244 e. The van der Waals surface area contributed by atoms with E-state index >= 15 is 0 Å². The summed E-state index contributed by atoms with van der Waals surface area (Å²) in [5, 5.41) is 3.95. The van der Waals surface area contributed by atoms with Gasteiger partial charge in [-0.15, -0.1) is 0 Å². The van der Waals surface area contributed by atoms with Crippen LogP contribution in [0.3, 0.4) is 0 Å². The number of rotatable bonds is 6. The zero-order chi connectivity index (χ0) is 17.5. The van der Waals surface area contributed by atoms with Gasteiger partial charge in [0.15, 0.2) is 11.5 Å². The topological polar surface area (TPSA) is 59.9 Å². The van der Waals surface area contributed by atoms with Gasteiger partial charge in [-0.1, -0.05) is 23.7 Å². The maximum atomic E-state index is 13.6. The van der Waals surface area contributed by atoms with E-state index in [0.29, 0.717) is 11.5 Å². The van der Waals surface area contributed by atoms with Crippen molar-refractivity contribution in [1.29, 1.82) is 0 Å². The fourth-order valence-electron chi connectivity index (χ4n) is 2.02. The maximum absolute atomic E-state index is 13.6. The van der Waals surface area contributed by atoms with Crippen molar-refractivity contribution in [2.75, 3.05) is 14.2 Å². The second kappa shape index (κ2) is 8.31. The highest BCUT2D eigenvalue weighted by Crippen LogP contribution is 2.27. The first kappa shape index (κ1) is 17.7. The number of amides is 1. The molecule has 126 valence electrons. The Morgan fingerprint density at radius 2 is 2.00 bits per heavy atom. The minimum atomic E-state index is -0.514. The summed E-state index contributed by atoms with van der Waals surface area (Å²) in [6.07, 6.45) is 1.26. The van der Waals surface area contributed by atoms with Crippen molar-refractivity contribution in [1.82, 2.24) is 5.43 Å². The molecule has 0 spiro atoms. The number of halogens is 2. The average molecular weight is 351 g/mol. The molecule has 1 amide bonds. The lowest BCUT2D eigenvalue weighted by Crippen LogP contribution is -2.19. The van der Waals surface area contributed by atoms with Crippen LogP contribution in [0.15, 0.2) is 41.5 Å². The van der Waals surface area contributed by atoms with E-state index in [4.69, 9.17) is 21.1 Å². The number of methoxy groups -OCH3 is 2. The third-order valence-electron chi connectivity index (χ3n) is 3.20. The van der Waals surface area contributed by atoms with Crippen LogP contribution in [-0.4, -0.2) is 26.3 Å². The number of carbonyl (C=O) groups excluding carboxylic acids is 1. The molecular formula is C17H16ClFN2O3. The first-order valence-corrected chi connectivity index (χ1v) is 7.39. The second-order valence-electron chi connectivity index (χ2n) is 4.79. The molecule has 0 radical (unpaired) electrons. The molecule has 0 atom stereocenters. The zero-order valence-corrected chi connectivity index (χ0v) is 13.9. The van der Waals surface area contributed by atoms with E-state index in [0.717, 1.165) is 5.56 Å². The second-order valence-corrected chi connectivity index (χ2v) is 5.20. The van der Waals surface area contributed by atoms with Crippen LogP contribution in [0.1, 0.15) is 11.1 Å². The predicted octanol–water partition coefficient (Wildman–Crippen LogP) is 3.19. The van der Waals surface area contributed by atoms with E-state index in [2.05, 4.69) is 10.5 Å². The standard InChI is InChI=1S/C17H16ClFN2O3/c1-23-15-7-6-11(8-16(15)24-2)9-17(22)21-20-10-12-13(18)4-3-5-14(12)19/h3-8,10H,9H2,1-2H3,(H,21,22)/b20-10-. The van der Waals surface area contributed by atoms with Gasteiger partial charge >= 0.3 is 0 Å². The Morgan fingerprint density at radius 1 is 1.25 bits per heavy atom. The Hall–Kier alpha value is -2.60. The lowest BCUT2D eigenvalue weighted by molar-refractivity contribution is -0.120. The lowest BCUT2D eigenvalue weighted by Gasteiger charge is -2.09. The molecule has 0 aromatic heterocycles. The van der Waals surface area contributed by atoms with Crippen LogP contribution in [0.4, 0.5) is 4.39 Å². The normalized spacial score (nSPS) is 10.7. The van der Waals surface area contributed by atoms with Gasteiger partial charge in [-0.25, -0.2) is 9.82 Å². The number of nitrogens with zero attached hydrogens (tertiary/aromatic N) is 1. The van der Waals surface area contributed by atoms with Crippen molar-refractivity contribution in [2.24, 2.45) is 5.10 Å². The van der Waals surface area contributed by atoms with Gasteiger partial charge in [0.25, 0.3) is 0 Å². The summed E-state index contributed by atoms with van der Waals surface area (Å²) in [6.45, 7) is 0. The number of hydrogen-bond donors (Lipinski definition) is 1. The fourth-order valence-corrected chi connectivity index (χ4v) is 2.23. The summed E-state index contributed by atoms with van der Waals surface area (Å²) >= 11 is 5.87. The number of hydrazone groups is 1. The molecule has 0 saturated carbocycles. The van der Waals surface area contributed by atoms with Crippen LogP contribution >= 0.6 is 11.6 Å². The number of benzene rings is 2. The van der Waals surface area contributed by atoms with Crippen LogP contribution < -0.4 is 14.9 Å². The molecule has 2 aromatic carbocycles. The Bertz CT molecular complexity index is 745. The van der Waals surface area contributed by atoms with E-state index in [1.54, 1.807) is 18.2 Å². The highest BCUT2D eigenvalue weighted by Gasteiger charge is 2.08. The lowest BCUT2D eigenvalue weighted by atomic mass is 10.1. The minimum Gasteiger partial charge on any atom is -0.493 e. The Morgan fingerprint density at radius 3 is 2.67 bits per heavy atom. The molecule has 0 bridgehead atoms. The van der Waals surface area contributed by atoms with Gasteiger partial charge in [0.1, 0.15) is 5.82 Å². The number of carbonyl (C=O) groups is 1. The van der Waals surface area contributed by atoms with Crippen LogP contribution in [0.25, 0.3) is 0 Å². The highest BCUT2D eigenvalue weighted by molar-refractivity contribution is 6.33. The van der Waals surface area contributed by atoms with Gasteiger partial charge in [0.05, 0.1) is 31.9 Å². The van der Waals surface area contributed by atoms with Gasteiger partial charge in [-0.05, 0) is 29.8 Å². The third-order valence-corrected chi connectivity index (χ3v) is 3.52. The molecule has 0 saturated heterocycles. The van der Waals surface area contributed by atoms with Crippen LogP contribution in [0.2, 0.25) is 5.02 Å². The van der Waals surface area contributed by atoms with Gasteiger partial charge in [0.2, 0.25) is 5.91 Å². The molecule has 7 heteroatoms. The molecule has 0 aliphatic heterocycles. The third kappa shape index (κ3) is 4.45. The molecular weight excluding hydrogens is 335 g/mol. The van der Waals surface area contributed by atoms with Crippen molar-refractivity contribution in [2.45, 2.75) is 6.42 Å². The van der Waals surface area contributed by atoms with E-state index in [1.165, 1.54) is 38.6 Å². The number of ether oxygens (including phenoxy) is 2. The Kier molecular flexibility index (Phi) is 6.14. The molecule has 5 nitrogen and oxygen atoms in total. The predicted molar refractivity (Wildman–Crippen MR) is 90.4 cm³/mol. The summed E-state index contributed by atoms with van der Waals surface area (Å²) in [6, 6.07) is 9.46. The van der Waals surface area contributed by atoms with Gasteiger partial charge in [0, 0.05) is 5.56 Å². The molecule has 0 fully saturated rings. The fraction of sp³-hybridized carbons (Fsp3) is 0.176. The summed E-state index contributed by atoms with van der Waals surface area (Å²) in [5.74, 6) is 0.240. The monoisotopic (exact) mass is 350 g/mol. The largest absolute Gasteiger partial charge is 0.493 e. The van der Waals surface area contributed by atoms with Gasteiger partial charge < -0.3 is 9.47 Å². The van der Waals surface area contributed by atoms with Crippen molar-refractivity contribution in [3.8, 4) is 11.5 Å². The molecule has 0 unspecified atom stereocenters. The summed E-state index contributed by atoms with van der Waals surface area (Å²) in [7, 11) is 3.05. The minimum absolute atomic E-state index is 0.0860. The van der Waals surface area contributed by atoms with Gasteiger partial charge in [-0.2, -0.15) is 5.10 Å². The van der Waals surface area contributed by atoms with E-state index in [1.807, 2.05) is 0 Å². The molecule has 0 aliphatic carbocycles. The zero-order valence-electron chi connectivity index (χ0n) is 13.2. The maximum Gasteiger partial charge on any atom is 0.244 e. The van der Waals surface area contributed by atoms with E-state index in [-0.39, 0.29) is 22.9 Å². The molecule has 1 N–H and O–H groups in total. The molecule has 2 aromatic rings. The van der Waals surface area contributed by atoms with Gasteiger partial charge in [-0.3, -0.25) is 4.79 Å². The van der Waals surface area contributed by atoms with Crippen molar-refractivity contribution in [3.63, 3.8) is 0 Å². The number of nitrogens with one attached hydrogen (secondary N) is 1. The van der Waals surface area contributed by atoms with Crippen LogP contribution in [0.5, 0.6) is 11.5 Å². The average Bonchev–Trinajstić information content (AvgIpc) is 2.57. The van der Waals surface area contributed by atoms with Crippen molar-refractivity contribution < 1.29 is 18.7 Å². The van der Waals surface area contributed by atoms with E-state index in [9.17, 15) is 9.18 Å². The first-order valence-electron chi connectivity index (χ1n) is 7.02. The van der Waals surface area contributed by atoms with Crippen molar-refractivity contribution in [3.05, 3.63) is 58.4 Å². The molecule has 2 rings (SSSR count). The Labute approximate surface area is 144 Å². The summed E-state index contributed by atoms with van der Waals surface area (Å²) in [4.78, 5) is 11.9. The number of hydrogen-bond acceptors (Lipinski definition) is 4. The van der Waals surface area contributed by atoms with Crippen LogP contribution in [-0.2, 0) is 11.2 Å². The molecule has 0 aliphatic rings. The SMILES string of the molecule is COc1ccc(CC(=O)N/N=C\c2c(F)cccc2Cl)cc1OC.